The molecule has 2 atom stereocenters. The van der Waals surface area contributed by atoms with Crippen molar-refractivity contribution in [3.05, 3.63) is 54.6 Å². The van der Waals surface area contributed by atoms with Crippen molar-refractivity contribution in [3.63, 3.8) is 0 Å². The fraction of sp³-hybridized carbons (Fsp3) is 0.381. The lowest BCUT2D eigenvalue weighted by Crippen LogP contribution is -2.48. The number of nitrogens with one attached hydrogen (secondary N) is 1. The fourth-order valence-electron chi connectivity index (χ4n) is 3.55. The van der Waals surface area contributed by atoms with E-state index in [0.29, 0.717) is 6.04 Å². The van der Waals surface area contributed by atoms with Crippen LogP contribution >= 0.6 is 0 Å². The number of anilines is 1. The van der Waals surface area contributed by atoms with Gasteiger partial charge in [-0.25, -0.2) is 0 Å². The molecule has 0 spiro atoms. The van der Waals surface area contributed by atoms with E-state index in [1.165, 1.54) is 19.3 Å². The highest BCUT2D eigenvalue weighted by Crippen LogP contribution is 2.28. The second-order valence-electron chi connectivity index (χ2n) is 6.66. The van der Waals surface area contributed by atoms with Crippen LogP contribution in [0.5, 0.6) is 0 Å². The molecule has 0 aromatic heterocycles. The van der Waals surface area contributed by atoms with Crippen molar-refractivity contribution in [3.8, 4) is 11.1 Å². The van der Waals surface area contributed by atoms with Crippen molar-refractivity contribution in [1.82, 2.24) is 4.90 Å². The Bertz CT molecular complexity index is 683. The van der Waals surface area contributed by atoms with Gasteiger partial charge in [-0.15, -0.1) is 0 Å². The van der Waals surface area contributed by atoms with Crippen LogP contribution in [0, 0.1) is 0 Å². The Kier molecular flexibility index (Phi) is 5.31. The molecule has 0 radical (unpaired) electrons. The van der Waals surface area contributed by atoms with Crippen LogP contribution in [-0.2, 0) is 4.79 Å². The smallest absolute Gasteiger partial charge is 0.241 e. The molecule has 0 saturated carbocycles. The minimum atomic E-state index is -0.107. The zero-order valence-corrected chi connectivity index (χ0v) is 14.5. The lowest BCUT2D eigenvalue weighted by molar-refractivity contribution is -0.122. The van der Waals surface area contributed by atoms with Gasteiger partial charge in [0, 0.05) is 17.3 Å². The molecule has 3 nitrogen and oxygen atoms in total. The molecule has 1 amide bonds. The van der Waals surface area contributed by atoms with Gasteiger partial charge in [-0.3, -0.25) is 9.69 Å². The van der Waals surface area contributed by atoms with Crippen LogP contribution in [0.3, 0.4) is 0 Å². The number of likely N-dealkylation sites (tertiary alicyclic amines) is 1. The van der Waals surface area contributed by atoms with Gasteiger partial charge in [-0.2, -0.15) is 0 Å². The number of carbonyl (C=O) groups is 1. The highest BCUT2D eigenvalue weighted by molar-refractivity contribution is 5.98. The van der Waals surface area contributed by atoms with Gasteiger partial charge in [0.05, 0.1) is 6.04 Å². The van der Waals surface area contributed by atoms with E-state index in [1.807, 2.05) is 43.3 Å². The third-order valence-corrected chi connectivity index (χ3v) is 5.00. The van der Waals surface area contributed by atoms with Crippen molar-refractivity contribution < 1.29 is 4.79 Å². The van der Waals surface area contributed by atoms with Crippen LogP contribution < -0.4 is 5.32 Å². The Hall–Kier alpha value is -2.13. The van der Waals surface area contributed by atoms with Gasteiger partial charge in [-0.1, -0.05) is 55.0 Å². The maximum atomic E-state index is 12.8. The average molecular weight is 322 g/mol. The summed E-state index contributed by atoms with van der Waals surface area (Å²) >= 11 is 0. The number of rotatable bonds is 4. The minimum Gasteiger partial charge on any atom is -0.324 e. The summed E-state index contributed by atoms with van der Waals surface area (Å²) in [5.41, 5.74) is 3.06. The standard InChI is InChI=1S/C21H26N2O/c1-16-10-8-9-15-23(16)17(2)21(24)22-20-14-7-6-13-19(20)18-11-4-3-5-12-18/h3-7,11-14,16-17H,8-10,15H2,1-2H3,(H,22,24). The lowest BCUT2D eigenvalue weighted by Gasteiger charge is -2.37. The number of hydrogen-bond acceptors (Lipinski definition) is 2. The summed E-state index contributed by atoms with van der Waals surface area (Å²) in [5, 5.41) is 3.15. The maximum Gasteiger partial charge on any atom is 0.241 e. The molecule has 0 bridgehead atoms. The number of benzene rings is 2. The molecule has 2 aromatic rings. The summed E-state index contributed by atoms with van der Waals surface area (Å²) in [4.78, 5) is 15.1. The quantitative estimate of drug-likeness (QED) is 0.895. The zero-order valence-electron chi connectivity index (χ0n) is 14.5. The van der Waals surface area contributed by atoms with E-state index in [4.69, 9.17) is 0 Å². The first-order chi connectivity index (χ1) is 11.7. The van der Waals surface area contributed by atoms with Crippen molar-refractivity contribution in [2.45, 2.75) is 45.2 Å². The van der Waals surface area contributed by atoms with Gasteiger partial charge >= 0.3 is 0 Å². The Morgan fingerprint density at radius 2 is 1.79 bits per heavy atom. The van der Waals surface area contributed by atoms with Crippen molar-refractivity contribution in [1.29, 1.82) is 0 Å². The summed E-state index contributed by atoms with van der Waals surface area (Å²) in [5.74, 6) is 0.0760. The van der Waals surface area contributed by atoms with Gasteiger partial charge in [0.1, 0.15) is 0 Å². The molecule has 1 N–H and O–H groups in total. The van der Waals surface area contributed by atoms with Crippen LogP contribution in [0.4, 0.5) is 5.69 Å². The van der Waals surface area contributed by atoms with Crippen LogP contribution in [0.25, 0.3) is 11.1 Å². The molecular weight excluding hydrogens is 296 g/mol. The molecule has 0 aliphatic carbocycles. The topological polar surface area (TPSA) is 32.3 Å². The van der Waals surface area contributed by atoms with E-state index in [0.717, 1.165) is 23.4 Å². The minimum absolute atomic E-state index is 0.0760. The molecule has 2 aromatic carbocycles. The molecule has 2 unspecified atom stereocenters. The summed E-state index contributed by atoms with van der Waals surface area (Å²) < 4.78 is 0. The highest BCUT2D eigenvalue weighted by atomic mass is 16.2. The average Bonchev–Trinajstić information content (AvgIpc) is 2.63. The molecule has 1 aliphatic heterocycles. The zero-order chi connectivity index (χ0) is 16.9. The predicted molar refractivity (Wildman–Crippen MR) is 100.0 cm³/mol. The Labute approximate surface area is 144 Å². The van der Waals surface area contributed by atoms with Crippen LogP contribution in [0.1, 0.15) is 33.1 Å². The molecule has 3 rings (SSSR count). The number of para-hydroxylation sites is 1. The molecule has 1 aliphatic rings. The molecule has 1 fully saturated rings. The largest absolute Gasteiger partial charge is 0.324 e. The third-order valence-electron chi connectivity index (χ3n) is 5.00. The lowest BCUT2D eigenvalue weighted by atomic mass is 10.0. The first-order valence-electron chi connectivity index (χ1n) is 8.88. The van der Waals surface area contributed by atoms with Gasteiger partial charge in [0.25, 0.3) is 0 Å². The first-order valence-corrected chi connectivity index (χ1v) is 8.88. The van der Waals surface area contributed by atoms with E-state index in [-0.39, 0.29) is 11.9 Å². The summed E-state index contributed by atoms with van der Waals surface area (Å²) in [6.07, 6.45) is 3.63. The monoisotopic (exact) mass is 322 g/mol. The molecule has 1 saturated heterocycles. The molecule has 3 heteroatoms. The number of amides is 1. The first kappa shape index (κ1) is 16.7. The van der Waals surface area contributed by atoms with Crippen LogP contribution in [0.2, 0.25) is 0 Å². The van der Waals surface area contributed by atoms with E-state index < -0.39 is 0 Å². The molecule has 24 heavy (non-hydrogen) atoms. The Morgan fingerprint density at radius 3 is 2.54 bits per heavy atom. The van der Waals surface area contributed by atoms with E-state index in [1.54, 1.807) is 0 Å². The number of hydrogen-bond donors (Lipinski definition) is 1. The van der Waals surface area contributed by atoms with Crippen molar-refractivity contribution in [2.75, 3.05) is 11.9 Å². The number of carbonyl (C=O) groups excluding carboxylic acids is 1. The van der Waals surface area contributed by atoms with E-state index >= 15 is 0 Å². The van der Waals surface area contributed by atoms with Crippen molar-refractivity contribution in [2.24, 2.45) is 0 Å². The maximum absolute atomic E-state index is 12.8. The molecule has 126 valence electrons. The van der Waals surface area contributed by atoms with Gasteiger partial charge in [-0.05, 0) is 44.9 Å². The number of nitrogens with zero attached hydrogens (tertiary/aromatic N) is 1. The fourth-order valence-corrected chi connectivity index (χ4v) is 3.55. The SMILES string of the molecule is CC1CCCCN1C(C)C(=O)Nc1ccccc1-c1ccccc1. The van der Waals surface area contributed by atoms with Crippen LogP contribution in [-0.4, -0.2) is 29.4 Å². The summed E-state index contributed by atoms with van der Waals surface area (Å²) in [7, 11) is 0. The molecule has 1 heterocycles. The van der Waals surface area contributed by atoms with E-state index in [2.05, 4.69) is 35.3 Å². The van der Waals surface area contributed by atoms with Crippen molar-refractivity contribution >= 4 is 11.6 Å². The van der Waals surface area contributed by atoms with Gasteiger partial charge in [0.2, 0.25) is 5.91 Å². The second-order valence-corrected chi connectivity index (χ2v) is 6.66. The Balaban J connectivity index is 1.77. The summed E-state index contributed by atoms with van der Waals surface area (Å²) in [6, 6.07) is 18.6. The second kappa shape index (κ2) is 7.63. The van der Waals surface area contributed by atoms with Crippen LogP contribution in [0.15, 0.2) is 54.6 Å². The molecular formula is C21H26N2O. The van der Waals surface area contributed by atoms with Gasteiger partial charge < -0.3 is 5.32 Å². The van der Waals surface area contributed by atoms with Gasteiger partial charge in [0.15, 0.2) is 0 Å². The highest BCUT2D eigenvalue weighted by Gasteiger charge is 2.27. The number of piperidine rings is 1. The normalized spacial score (nSPS) is 19.7. The Morgan fingerprint density at radius 1 is 1.08 bits per heavy atom. The summed E-state index contributed by atoms with van der Waals surface area (Å²) in [6.45, 7) is 5.25. The van der Waals surface area contributed by atoms with E-state index in [9.17, 15) is 4.79 Å². The predicted octanol–water partition coefficient (Wildman–Crippen LogP) is 4.56. The third kappa shape index (κ3) is 3.68.